The number of amides is 1. The van der Waals surface area contributed by atoms with Gasteiger partial charge in [0, 0.05) is 29.7 Å². The van der Waals surface area contributed by atoms with Gasteiger partial charge in [-0.3, -0.25) is 9.69 Å². The summed E-state index contributed by atoms with van der Waals surface area (Å²) in [5, 5.41) is 1.34. The molecule has 3 aliphatic rings. The van der Waals surface area contributed by atoms with Crippen LogP contribution in [0.15, 0.2) is 24.3 Å². The summed E-state index contributed by atoms with van der Waals surface area (Å²) in [6.45, 7) is 2.95. The van der Waals surface area contributed by atoms with Crippen LogP contribution in [-0.2, 0) is 11.2 Å². The Bertz CT molecular complexity index is 750. The van der Waals surface area contributed by atoms with E-state index in [1.54, 1.807) is 0 Å². The van der Waals surface area contributed by atoms with E-state index in [9.17, 15) is 4.79 Å². The van der Waals surface area contributed by atoms with Gasteiger partial charge in [0.1, 0.15) is 0 Å². The van der Waals surface area contributed by atoms with Crippen LogP contribution in [0.5, 0.6) is 0 Å². The average molecular weight is 295 g/mol. The first-order valence-electron chi connectivity index (χ1n) is 8.47. The Morgan fingerprint density at radius 2 is 2.00 bits per heavy atom. The highest BCUT2D eigenvalue weighted by atomic mass is 16.2. The lowest BCUT2D eigenvalue weighted by Gasteiger charge is -2.49. The number of nitrogens with one attached hydrogen (secondary N) is 1. The van der Waals surface area contributed by atoms with Crippen molar-refractivity contribution in [3.63, 3.8) is 0 Å². The second kappa shape index (κ2) is 4.59. The first-order valence-corrected chi connectivity index (χ1v) is 8.47. The van der Waals surface area contributed by atoms with Gasteiger partial charge in [0.05, 0.1) is 12.1 Å². The number of H-pyrrole nitrogens is 1. The van der Waals surface area contributed by atoms with Gasteiger partial charge in [-0.05, 0) is 37.4 Å². The van der Waals surface area contributed by atoms with E-state index >= 15 is 0 Å². The first kappa shape index (κ1) is 12.7. The molecule has 3 aliphatic heterocycles. The Kier molecular flexibility index (Phi) is 2.65. The summed E-state index contributed by atoms with van der Waals surface area (Å²) in [7, 11) is 0. The Hall–Kier alpha value is -1.81. The third-order valence-corrected chi connectivity index (χ3v) is 5.75. The van der Waals surface area contributed by atoms with Crippen LogP contribution in [0, 0.1) is 0 Å². The van der Waals surface area contributed by atoms with Crippen molar-refractivity contribution in [1.29, 1.82) is 0 Å². The molecule has 0 radical (unpaired) electrons. The molecule has 22 heavy (non-hydrogen) atoms. The molecule has 1 aromatic heterocycles. The summed E-state index contributed by atoms with van der Waals surface area (Å²) in [5.74, 6) is 0.361. The maximum Gasteiger partial charge on any atom is 0.240 e. The van der Waals surface area contributed by atoms with Crippen LogP contribution in [0.1, 0.15) is 36.6 Å². The van der Waals surface area contributed by atoms with Crippen molar-refractivity contribution in [2.24, 2.45) is 0 Å². The second-order valence-electron chi connectivity index (χ2n) is 6.87. The van der Waals surface area contributed by atoms with Gasteiger partial charge in [-0.25, -0.2) is 0 Å². The van der Waals surface area contributed by atoms with E-state index in [1.807, 2.05) is 0 Å². The van der Waals surface area contributed by atoms with E-state index in [0.717, 1.165) is 32.5 Å². The normalized spacial score (nSPS) is 28.4. The molecule has 1 N–H and O–H groups in total. The van der Waals surface area contributed by atoms with Crippen molar-refractivity contribution < 1.29 is 4.79 Å². The van der Waals surface area contributed by atoms with E-state index in [2.05, 4.69) is 39.0 Å². The highest BCUT2D eigenvalue weighted by Gasteiger charge is 2.44. The lowest BCUT2D eigenvalue weighted by Crippen LogP contribution is -2.60. The maximum absolute atomic E-state index is 12.9. The number of piperidine rings is 1. The van der Waals surface area contributed by atoms with Gasteiger partial charge in [-0.2, -0.15) is 0 Å². The zero-order valence-electron chi connectivity index (χ0n) is 12.7. The maximum atomic E-state index is 12.9. The summed E-state index contributed by atoms with van der Waals surface area (Å²) < 4.78 is 0. The number of hydrogen-bond acceptors (Lipinski definition) is 2. The number of fused-ring (bicyclic) bond motifs is 6. The highest BCUT2D eigenvalue weighted by Crippen LogP contribution is 2.39. The molecule has 0 unspecified atom stereocenters. The molecule has 4 nitrogen and oxygen atoms in total. The summed E-state index contributed by atoms with van der Waals surface area (Å²) in [6.07, 6.45) is 4.45. The number of carbonyl (C=O) groups excluding carboxylic acids is 1. The van der Waals surface area contributed by atoms with E-state index in [0.29, 0.717) is 5.91 Å². The molecule has 2 atom stereocenters. The molecule has 1 aromatic carbocycles. The van der Waals surface area contributed by atoms with Crippen molar-refractivity contribution in [2.75, 3.05) is 19.6 Å². The quantitative estimate of drug-likeness (QED) is 0.811. The number of rotatable bonds is 0. The molecule has 0 spiro atoms. The van der Waals surface area contributed by atoms with E-state index < -0.39 is 0 Å². The summed E-state index contributed by atoms with van der Waals surface area (Å²) in [6, 6.07) is 8.90. The number of benzene rings is 1. The Morgan fingerprint density at radius 1 is 1.09 bits per heavy atom. The number of piperazine rings is 1. The zero-order valence-corrected chi connectivity index (χ0v) is 12.7. The molecule has 114 valence electrons. The molecule has 2 saturated heterocycles. The van der Waals surface area contributed by atoms with E-state index in [4.69, 9.17) is 0 Å². The minimum Gasteiger partial charge on any atom is -0.356 e. The van der Waals surface area contributed by atoms with Gasteiger partial charge in [0.25, 0.3) is 0 Å². The minimum atomic E-state index is 0.149. The smallest absolute Gasteiger partial charge is 0.240 e. The Morgan fingerprint density at radius 3 is 2.95 bits per heavy atom. The van der Waals surface area contributed by atoms with Crippen molar-refractivity contribution in [2.45, 2.75) is 37.8 Å². The fourth-order valence-electron chi connectivity index (χ4n) is 4.67. The molecule has 4 heterocycles. The fraction of sp³-hybridized carbons (Fsp3) is 0.500. The number of aromatic amines is 1. The molecule has 5 rings (SSSR count). The highest BCUT2D eigenvalue weighted by molar-refractivity contribution is 5.87. The molecule has 0 saturated carbocycles. The number of hydrogen-bond donors (Lipinski definition) is 1. The van der Waals surface area contributed by atoms with Crippen LogP contribution in [0.25, 0.3) is 10.9 Å². The van der Waals surface area contributed by atoms with Crippen LogP contribution < -0.4 is 0 Å². The van der Waals surface area contributed by atoms with Gasteiger partial charge in [0.15, 0.2) is 0 Å². The van der Waals surface area contributed by atoms with Crippen molar-refractivity contribution in [3.05, 3.63) is 35.5 Å². The number of carbonyl (C=O) groups is 1. The van der Waals surface area contributed by atoms with Crippen LogP contribution >= 0.6 is 0 Å². The molecule has 0 bridgehead atoms. The molecule has 4 heteroatoms. The van der Waals surface area contributed by atoms with Crippen molar-refractivity contribution in [3.8, 4) is 0 Å². The van der Waals surface area contributed by atoms with Crippen molar-refractivity contribution >= 4 is 16.8 Å². The molecule has 1 amide bonds. The van der Waals surface area contributed by atoms with Crippen LogP contribution in [0.3, 0.4) is 0 Å². The summed E-state index contributed by atoms with van der Waals surface area (Å²) in [4.78, 5) is 21.1. The molecule has 0 aliphatic carbocycles. The topological polar surface area (TPSA) is 39.3 Å². The average Bonchev–Trinajstić information content (AvgIpc) is 2.94. The molecule has 2 aromatic rings. The van der Waals surface area contributed by atoms with Gasteiger partial charge in [0.2, 0.25) is 5.91 Å². The molecule has 2 fully saturated rings. The largest absolute Gasteiger partial charge is 0.356 e. The lowest BCUT2D eigenvalue weighted by molar-refractivity contribution is -0.149. The van der Waals surface area contributed by atoms with Gasteiger partial charge < -0.3 is 9.88 Å². The minimum absolute atomic E-state index is 0.149. The third kappa shape index (κ3) is 1.64. The second-order valence-corrected chi connectivity index (χ2v) is 6.87. The zero-order chi connectivity index (χ0) is 14.7. The summed E-state index contributed by atoms with van der Waals surface area (Å²) in [5.41, 5.74) is 3.92. The van der Waals surface area contributed by atoms with Gasteiger partial charge in [-0.1, -0.05) is 24.6 Å². The number of para-hydroxylation sites is 1. The first-order chi connectivity index (χ1) is 10.8. The fourth-order valence-corrected chi connectivity index (χ4v) is 4.67. The Balaban J connectivity index is 1.60. The van der Waals surface area contributed by atoms with Crippen LogP contribution in [-0.4, -0.2) is 46.4 Å². The monoisotopic (exact) mass is 295 g/mol. The summed E-state index contributed by atoms with van der Waals surface area (Å²) >= 11 is 0. The standard InChI is InChI=1S/C18H21N3O/c22-18-15-7-3-4-9-20(15)11-16-17-13(8-10-21(16)18)12-5-1-2-6-14(12)19-17/h1-2,5-6,15-16,19H,3-4,7-11H2/t15-,16+/m0/s1. The number of nitrogens with zero attached hydrogens (tertiary/aromatic N) is 2. The van der Waals surface area contributed by atoms with Gasteiger partial charge >= 0.3 is 0 Å². The van der Waals surface area contributed by atoms with Crippen molar-refractivity contribution in [1.82, 2.24) is 14.8 Å². The van der Waals surface area contributed by atoms with E-state index in [1.165, 1.54) is 35.0 Å². The third-order valence-electron chi connectivity index (χ3n) is 5.75. The van der Waals surface area contributed by atoms with Gasteiger partial charge in [-0.15, -0.1) is 0 Å². The SMILES string of the molecule is O=C1[C@@H]2CCCCN2C[C@@H]2c3[nH]c4ccccc4c3CCN12. The lowest BCUT2D eigenvalue weighted by atomic mass is 9.90. The number of aromatic nitrogens is 1. The van der Waals surface area contributed by atoms with Crippen LogP contribution in [0.4, 0.5) is 0 Å². The Labute approximate surface area is 130 Å². The van der Waals surface area contributed by atoms with Crippen LogP contribution in [0.2, 0.25) is 0 Å². The predicted octanol–water partition coefficient (Wildman–Crippen LogP) is 2.46. The molecular formula is C18H21N3O. The predicted molar refractivity (Wildman–Crippen MR) is 85.7 cm³/mol. The molecular weight excluding hydrogens is 274 g/mol. The van der Waals surface area contributed by atoms with E-state index in [-0.39, 0.29) is 12.1 Å².